The highest BCUT2D eigenvalue weighted by atomic mass is 35.5. The second-order valence-electron chi connectivity index (χ2n) is 12.7. The molecule has 2 heterocycles. The molecule has 0 spiro atoms. The molecule has 1 amide bonds. The number of nitrogens with one attached hydrogen (secondary N) is 3. The average molecular weight is 662 g/mol. The van der Waals surface area contributed by atoms with Crippen molar-refractivity contribution in [1.82, 2.24) is 25.0 Å². The van der Waals surface area contributed by atoms with Crippen molar-refractivity contribution in [2.45, 2.75) is 83.2 Å². The van der Waals surface area contributed by atoms with E-state index in [2.05, 4.69) is 53.3 Å². The molecule has 1 aliphatic carbocycles. The van der Waals surface area contributed by atoms with Gasteiger partial charge >= 0.3 is 0 Å². The normalized spacial score (nSPS) is 15.9. The molecule has 1 fully saturated rings. The molecule has 1 saturated carbocycles. The van der Waals surface area contributed by atoms with Crippen LogP contribution in [0, 0.1) is 23.1 Å². The van der Waals surface area contributed by atoms with E-state index in [9.17, 15) is 14.3 Å². The molecular formula is C32H39Cl2FN6O2S. The van der Waals surface area contributed by atoms with E-state index in [0.717, 1.165) is 30.4 Å². The average Bonchev–Trinajstić information content (AvgIpc) is 3.46. The Balaban J connectivity index is 0.000000201. The van der Waals surface area contributed by atoms with Crippen molar-refractivity contribution in [3.8, 4) is 0 Å². The van der Waals surface area contributed by atoms with Crippen LogP contribution in [0.5, 0.6) is 0 Å². The summed E-state index contributed by atoms with van der Waals surface area (Å²) in [4.78, 5) is 15.7. The van der Waals surface area contributed by atoms with E-state index in [1.807, 2.05) is 48.5 Å². The number of para-hydroxylation sites is 1. The maximum absolute atomic E-state index is 13.6. The van der Waals surface area contributed by atoms with Crippen LogP contribution in [0.3, 0.4) is 0 Å². The van der Waals surface area contributed by atoms with E-state index in [0.29, 0.717) is 27.6 Å². The maximum Gasteiger partial charge on any atom is 0.262 e. The predicted octanol–water partition coefficient (Wildman–Crippen LogP) is 7.99. The van der Waals surface area contributed by atoms with Crippen LogP contribution in [0.25, 0.3) is 0 Å². The van der Waals surface area contributed by atoms with E-state index in [4.69, 9.17) is 35.4 Å². The van der Waals surface area contributed by atoms with Crippen molar-refractivity contribution in [1.29, 1.82) is 0 Å². The Hall–Kier alpha value is -3.05. The molecule has 2 atom stereocenters. The van der Waals surface area contributed by atoms with Crippen LogP contribution in [0.15, 0.2) is 54.9 Å². The second-order valence-corrected chi connectivity index (χ2v) is 14.2. The van der Waals surface area contributed by atoms with E-state index in [-0.39, 0.29) is 23.4 Å². The fourth-order valence-electron chi connectivity index (χ4n) is 5.46. The second kappa shape index (κ2) is 13.5. The lowest BCUT2D eigenvalue weighted by Gasteiger charge is -2.33. The SMILES string of the molecule is Cc1[nH]nc(F)c1C(=O)Nc1ccccc1C(C)CC(C)(C)C.OC(Cc1ccccc1Cl)(Cn1[nH]cnc1=S)C1(Cl)CC1. The monoisotopic (exact) mass is 660 g/mol. The zero-order valence-electron chi connectivity index (χ0n) is 25.5. The number of amides is 1. The van der Waals surface area contributed by atoms with Crippen LogP contribution in [0.1, 0.15) is 80.1 Å². The molecule has 2 aromatic carbocycles. The van der Waals surface area contributed by atoms with E-state index in [1.54, 1.807) is 11.6 Å². The highest BCUT2D eigenvalue weighted by molar-refractivity contribution is 7.71. The topological polar surface area (TPSA) is 112 Å². The van der Waals surface area contributed by atoms with Gasteiger partial charge < -0.3 is 10.4 Å². The largest absolute Gasteiger partial charge is 0.386 e. The minimum atomic E-state index is -1.13. The summed E-state index contributed by atoms with van der Waals surface area (Å²) in [5.41, 5.74) is 2.07. The van der Waals surface area contributed by atoms with Gasteiger partial charge in [-0.05, 0) is 73.0 Å². The number of aryl methyl sites for hydroxylation is 1. The first-order valence-electron chi connectivity index (χ1n) is 14.5. The van der Waals surface area contributed by atoms with Crippen LogP contribution in [0.4, 0.5) is 10.1 Å². The number of anilines is 1. The van der Waals surface area contributed by atoms with E-state index >= 15 is 0 Å². The predicted molar refractivity (Wildman–Crippen MR) is 176 cm³/mol. The van der Waals surface area contributed by atoms with Gasteiger partial charge in [0.15, 0.2) is 0 Å². The lowest BCUT2D eigenvalue weighted by Crippen LogP contribution is -2.47. The Morgan fingerprint density at radius 3 is 2.43 bits per heavy atom. The Bertz CT molecular complexity index is 1640. The number of benzene rings is 2. The first kappa shape index (κ1) is 33.8. The summed E-state index contributed by atoms with van der Waals surface area (Å²) < 4.78 is 15.7. The summed E-state index contributed by atoms with van der Waals surface area (Å²) in [5, 5.41) is 23.5. The van der Waals surface area contributed by atoms with E-state index < -0.39 is 22.3 Å². The molecule has 0 saturated heterocycles. The third kappa shape index (κ3) is 8.15. The lowest BCUT2D eigenvalue weighted by molar-refractivity contribution is 0.00728. The van der Waals surface area contributed by atoms with Crippen molar-refractivity contribution in [3.05, 3.63) is 93.0 Å². The summed E-state index contributed by atoms with van der Waals surface area (Å²) in [5.74, 6) is -0.980. The number of carbonyl (C=O) groups is 1. The number of alkyl halides is 1. The van der Waals surface area contributed by atoms with Crippen molar-refractivity contribution in [3.63, 3.8) is 0 Å². The summed E-state index contributed by atoms with van der Waals surface area (Å²) in [6.45, 7) is 10.6. The van der Waals surface area contributed by atoms with Crippen molar-refractivity contribution in [2.24, 2.45) is 5.41 Å². The summed E-state index contributed by atoms with van der Waals surface area (Å²) >= 11 is 17.9. The number of H-pyrrole nitrogens is 2. The molecule has 4 N–H and O–H groups in total. The van der Waals surface area contributed by atoms with Gasteiger partial charge in [0.05, 0.1) is 11.4 Å². The molecule has 0 bridgehead atoms. The molecule has 0 aliphatic heterocycles. The maximum atomic E-state index is 13.6. The Labute approximate surface area is 272 Å². The molecule has 2 aromatic heterocycles. The zero-order chi connectivity index (χ0) is 32.3. The van der Waals surface area contributed by atoms with Gasteiger partial charge in [0.25, 0.3) is 5.91 Å². The molecular weight excluding hydrogens is 622 g/mol. The summed E-state index contributed by atoms with van der Waals surface area (Å²) in [6, 6.07) is 15.1. The van der Waals surface area contributed by atoms with Gasteiger partial charge in [-0.25, -0.2) is 4.98 Å². The van der Waals surface area contributed by atoms with Gasteiger partial charge in [0.1, 0.15) is 17.5 Å². The summed E-state index contributed by atoms with van der Waals surface area (Å²) in [7, 11) is 0. The Morgan fingerprint density at radius 1 is 1.20 bits per heavy atom. The van der Waals surface area contributed by atoms with Gasteiger partial charge in [-0.2, -0.15) is 4.39 Å². The fraction of sp³-hybridized carbons (Fsp3) is 0.438. The van der Waals surface area contributed by atoms with Crippen LogP contribution in [0.2, 0.25) is 5.02 Å². The molecule has 4 aromatic rings. The minimum absolute atomic E-state index is 0.0386. The zero-order valence-corrected chi connectivity index (χ0v) is 27.9. The van der Waals surface area contributed by atoms with Crippen LogP contribution in [-0.2, 0) is 13.0 Å². The number of aromatic amines is 2. The molecule has 44 heavy (non-hydrogen) atoms. The minimum Gasteiger partial charge on any atom is -0.386 e. The molecule has 236 valence electrons. The van der Waals surface area contributed by atoms with Crippen molar-refractivity contribution < 1.29 is 14.3 Å². The lowest BCUT2D eigenvalue weighted by atomic mass is 9.82. The first-order chi connectivity index (χ1) is 20.6. The standard InChI is InChI=1S/C18H24FN3O.C14H15Cl2N3OS/c1-11(10-18(3,4)5)13-8-6-7-9-14(13)20-17(23)15-12(2)21-22-16(15)19;15-11-4-2-1-3-10(11)7-14(20,13(16)5-6-13)8-19-12(21)17-9-18-19/h6-9,11H,10H2,1-5H3,(H,20,23)(H,21,22);1-4,9,20H,5-8H2,(H,17,18,21). The van der Waals surface area contributed by atoms with E-state index in [1.165, 1.54) is 6.33 Å². The quantitative estimate of drug-likeness (QED) is 0.107. The highest BCUT2D eigenvalue weighted by Gasteiger charge is 2.58. The third-order valence-electron chi connectivity index (χ3n) is 7.79. The molecule has 8 nitrogen and oxygen atoms in total. The Kier molecular flexibility index (Phi) is 10.4. The van der Waals surface area contributed by atoms with Crippen molar-refractivity contribution >= 4 is 47.0 Å². The molecule has 0 radical (unpaired) electrons. The molecule has 12 heteroatoms. The molecule has 1 aliphatic rings. The number of aliphatic hydroxyl groups is 1. The van der Waals surface area contributed by atoms with Gasteiger partial charge in [-0.3, -0.25) is 19.7 Å². The highest BCUT2D eigenvalue weighted by Crippen LogP contribution is 2.53. The number of hydrogen-bond acceptors (Lipinski definition) is 5. The first-order valence-corrected chi connectivity index (χ1v) is 15.6. The van der Waals surface area contributed by atoms with Gasteiger partial charge in [0.2, 0.25) is 10.7 Å². The third-order valence-corrected chi connectivity index (χ3v) is 9.22. The Morgan fingerprint density at radius 2 is 1.86 bits per heavy atom. The van der Waals surface area contributed by atoms with Crippen LogP contribution < -0.4 is 5.32 Å². The summed E-state index contributed by atoms with van der Waals surface area (Å²) in [6.07, 6.45) is 4.41. The van der Waals surface area contributed by atoms with Crippen LogP contribution in [-0.4, -0.2) is 46.5 Å². The van der Waals surface area contributed by atoms with Crippen molar-refractivity contribution in [2.75, 3.05) is 5.32 Å². The number of carbonyl (C=O) groups excluding carboxylic acids is 1. The molecule has 5 rings (SSSR count). The van der Waals surface area contributed by atoms with Crippen LogP contribution >= 0.6 is 35.4 Å². The molecule has 2 unspecified atom stereocenters. The smallest absolute Gasteiger partial charge is 0.262 e. The van der Waals surface area contributed by atoms with Gasteiger partial charge in [0, 0.05) is 22.8 Å². The number of halogens is 3. The number of nitrogens with zero attached hydrogens (tertiary/aromatic N) is 3. The van der Waals surface area contributed by atoms with Gasteiger partial charge in [-0.1, -0.05) is 75.7 Å². The van der Waals surface area contributed by atoms with Gasteiger partial charge in [-0.15, -0.1) is 16.7 Å². The fourth-order valence-corrected chi connectivity index (χ4v) is 6.05. The number of aromatic nitrogens is 5. The number of rotatable bonds is 9. The number of hydrogen-bond donors (Lipinski definition) is 4.